The molecule has 2 atom stereocenters. The summed E-state index contributed by atoms with van der Waals surface area (Å²) in [5.41, 5.74) is 5.05. The number of alkyl halides is 3. The van der Waals surface area contributed by atoms with Crippen molar-refractivity contribution in [3.8, 4) is 11.3 Å². The summed E-state index contributed by atoms with van der Waals surface area (Å²) in [4.78, 5) is 16.0. The van der Waals surface area contributed by atoms with E-state index in [1.54, 1.807) is 13.8 Å². The summed E-state index contributed by atoms with van der Waals surface area (Å²) in [5.74, 6) is -0.741. The van der Waals surface area contributed by atoms with Gasteiger partial charge in [-0.25, -0.2) is 4.98 Å². The number of thiazole rings is 1. The van der Waals surface area contributed by atoms with Crippen LogP contribution in [0.15, 0.2) is 29.6 Å². The molecular weight excluding hydrogens is 327 g/mol. The molecule has 2 unspecified atom stereocenters. The molecule has 0 aliphatic heterocycles. The van der Waals surface area contributed by atoms with Crippen LogP contribution in [0.4, 0.5) is 18.3 Å². The fourth-order valence-corrected chi connectivity index (χ4v) is 2.58. The second kappa shape index (κ2) is 6.67. The van der Waals surface area contributed by atoms with Crippen molar-refractivity contribution >= 4 is 22.4 Å². The average molecular weight is 343 g/mol. The van der Waals surface area contributed by atoms with Crippen molar-refractivity contribution in [1.29, 1.82) is 0 Å². The number of anilines is 1. The van der Waals surface area contributed by atoms with Crippen molar-refractivity contribution in [2.45, 2.75) is 26.1 Å². The van der Waals surface area contributed by atoms with Gasteiger partial charge in [0, 0.05) is 17.0 Å². The normalized spacial score (nSPS) is 14.3. The zero-order chi connectivity index (χ0) is 17.2. The van der Waals surface area contributed by atoms with E-state index in [0.29, 0.717) is 0 Å². The van der Waals surface area contributed by atoms with Gasteiger partial charge in [0.2, 0.25) is 5.91 Å². The van der Waals surface area contributed by atoms with Crippen molar-refractivity contribution in [2.75, 3.05) is 5.32 Å². The molecule has 0 bridgehead atoms. The standard InChI is InChI=1S/C15H16F3N3OS/c1-8(9(2)19)13(22)21-14-20-12(7-23-14)10-5-3-4-6-11(10)15(16,17)18/h3-9H,19H2,1-2H3,(H,20,21,22). The van der Waals surface area contributed by atoms with Gasteiger partial charge >= 0.3 is 6.18 Å². The van der Waals surface area contributed by atoms with Crippen LogP contribution >= 0.6 is 11.3 Å². The smallest absolute Gasteiger partial charge is 0.327 e. The molecule has 4 nitrogen and oxygen atoms in total. The maximum absolute atomic E-state index is 13.0. The van der Waals surface area contributed by atoms with E-state index in [1.165, 1.54) is 23.6 Å². The third-order valence-electron chi connectivity index (χ3n) is 3.44. The minimum absolute atomic E-state index is 0.0167. The molecule has 2 aromatic rings. The topological polar surface area (TPSA) is 68.0 Å². The SMILES string of the molecule is CC(N)C(C)C(=O)Nc1nc(-c2ccccc2C(F)(F)F)cs1. The number of carbonyl (C=O) groups excluding carboxylic acids is 1. The lowest BCUT2D eigenvalue weighted by atomic mass is 10.0. The number of hydrogen-bond donors (Lipinski definition) is 2. The highest BCUT2D eigenvalue weighted by Crippen LogP contribution is 2.37. The van der Waals surface area contributed by atoms with Crippen molar-refractivity contribution in [1.82, 2.24) is 4.98 Å². The van der Waals surface area contributed by atoms with Crippen molar-refractivity contribution < 1.29 is 18.0 Å². The first-order valence-corrected chi connectivity index (χ1v) is 7.76. The third-order valence-corrected chi connectivity index (χ3v) is 4.20. The first-order chi connectivity index (χ1) is 10.7. The summed E-state index contributed by atoms with van der Waals surface area (Å²) < 4.78 is 39.1. The minimum Gasteiger partial charge on any atom is -0.327 e. The van der Waals surface area contributed by atoms with Crippen LogP contribution in [0.1, 0.15) is 19.4 Å². The Balaban J connectivity index is 2.26. The van der Waals surface area contributed by atoms with Gasteiger partial charge in [0.05, 0.1) is 17.2 Å². The molecule has 0 aliphatic rings. The number of carbonyl (C=O) groups is 1. The molecule has 1 amide bonds. The molecule has 1 aromatic carbocycles. The molecule has 23 heavy (non-hydrogen) atoms. The number of nitrogens with zero attached hydrogens (tertiary/aromatic N) is 1. The summed E-state index contributed by atoms with van der Waals surface area (Å²) in [6.07, 6.45) is -4.47. The Kier molecular flexibility index (Phi) is 5.06. The summed E-state index contributed by atoms with van der Waals surface area (Å²) in [6.45, 7) is 3.38. The Morgan fingerprint density at radius 3 is 2.57 bits per heavy atom. The number of hydrogen-bond acceptors (Lipinski definition) is 4. The second-order valence-corrected chi connectivity index (χ2v) is 6.08. The van der Waals surface area contributed by atoms with E-state index in [2.05, 4.69) is 10.3 Å². The Morgan fingerprint density at radius 1 is 1.30 bits per heavy atom. The van der Waals surface area contributed by atoms with Gasteiger partial charge in [0.1, 0.15) is 0 Å². The molecule has 0 spiro atoms. The first-order valence-electron chi connectivity index (χ1n) is 6.88. The number of nitrogens with two attached hydrogens (primary N) is 1. The van der Waals surface area contributed by atoms with Gasteiger partial charge in [-0.2, -0.15) is 13.2 Å². The predicted molar refractivity (Wildman–Crippen MR) is 84.0 cm³/mol. The maximum atomic E-state index is 13.0. The Morgan fingerprint density at radius 2 is 1.96 bits per heavy atom. The van der Waals surface area contributed by atoms with Crippen LogP contribution in [0, 0.1) is 5.92 Å². The quantitative estimate of drug-likeness (QED) is 0.888. The number of amides is 1. The number of aromatic nitrogens is 1. The lowest BCUT2D eigenvalue weighted by Gasteiger charge is -2.13. The van der Waals surface area contributed by atoms with Gasteiger partial charge in [0.25, 0.3) is 0 Å². The zero-order valence-corrected chi connectivity index (χ0v) is 13.3. The monoisotopic (exact) mass is 343 g/mol. The number of nitrogens with one attached hydrogen (secondary N) is 1. The molecule has 1 aromatic heterocycles. The van der Waals surface area contributed by atoms with Crippen LogP contribution in [0.2, 0.25) is 0 Å². The molecule has 8 heteroatoms. The molecule has 2 rings (SSSR count). The van der Waals surface area contributed by atoms with E-state index in [9.17, 15) is 18.0 Å². The second-order valence-electron chi connectivity index (χ2n) is 5.22. The minimum atomic E-state index is -4.47. The number of benzene rings is 1. The summed E-state index contributed by atoms with van der Waals surface area (Å²) in [5, 5.41) is 4.31. The van der Waals surface area contributed by atoms with Crippen LogP contribution in [-0.4, -0.2) is 16.9 Å². The molecule has 0 saturated heterocycles. The highest BCUT2D eigenvalue weighted by Gasteiger charge is 2.33. The summed E-state index contributed by atoms with van der Waals surface area (Å²) in [6, 6.07) is 4.87. The van der Waals surface area contributed by atoms with Gasteiger partial charge in [-0.3, -0.25) is 4.79 Å². The van der Waals surface area contributed by atoms with E-state index < -0.39 is 17.7 Å². The van der Waals surface area contributed by atoms with E-state index in [4.69, 9.17) is 5.73 Å². The van der Waals surface area contributed by atoms with Crippen LogP contribution in [-0.2, 0) is 11.0 Å². The largest absolute Gasteiger partial charge is 0.417 e. The van der Waals surface area contributed by atoms with Gasteiger partial charge in [-0.1, -0.05) is 25.1 Å². The van der Waals surface area contributed by atoms with Gasteiger partial charge in [-0.05, 0) is 13.0 Å². The molecule has 0 saturated carbocycles. The van der Waals surface area contributed by atoms with Gasteiger partial charge < -0.3 is 11.1 Å². The summed E-state index contributed by atoms with van der Waals surface area (Å²) in [7, 11) is 0. The summed E-state index contributed by atoms with van der Waals surface area (Å²) >= 11 is 1.07. The third kappa shape index (κ3) is 4.08. The molecule has 3 N–H and O–H groups in total. The lowest BCUT2D eigenvalue weighted by Crippen LogP contribution is -2.34. The Labute approximate surface area is 135 Å². The molecule has 0 aliphatic carbocycles. The molecule has 124 valence electrons. The first kappa shape index (κ1) is 17.4. The molecule has 0 fully saturated rings. The van der Waals surface area contributed by atoms with Crippen LogP contribution in [0.3, 0.4) is 0 Å². The van der Waals surface area contributed by atoms with Crippen LogP contribution in [0.5, 0.6) is 0 Å². The molecule has 1 heterocycles. The van der Waals surface area contributed by atoms with Gasteiger partial charge in [0.15, 0.2) is 5.13 Å². The highest BCUT2D eigenvalue weighted by atomic mass is 32.1. The average Bonchev–Trinajstić information content (AvgIpc) is 2.93. The van der Waals surface area contributed by atoms with Crippen LogP contribution in [0.25, 0.3) is 11.3 Å². The van der Waals surface area contributed by atoms with Crippen molar-refractivity contribution in [3.63, 3.8) is 0 Å². The lowest BCUT2D eigenvalue weighted by molar-refractivity contribution is -0.137. The number of halogens is 3. The predicted octanol–water partition coefficient (Wildman–Crippen LogP) is 3.75. The van der Waals surface area contributed by atoms with E-state index in [-0.39, 0.29) is 28.3 Å². The van der Waals surface area contributed by atoms with Crippen molar-refractivity contribution in [2.24, 2.45) is 11.7 Å². The highest BCUT2D eigenvalue weighted by molar-refractivity contribution is 7.14. The van der Waals surface area contributed by atoms with E-state index in [1.807, 2.05) is 0 Å². The Hall–Kier alpha value is -1.93. The number of rotatable bonds is 4. The maximum Gasteiger partial charge on any atom is 0.417 e. The Bertz CT molecular complexity index is 697. The van der Waals surface area contributed by atoms with Crippen molar-refractivity contribution in [3.05, 3.63) is 35.2 Å². The fraction of sp³-hybridized carbons (Fsp3) is 0.333. The fourth-order valence-electron chi connectivity index (χ4n) is 1.87. The van der Waals surface area contributed by atoms with Gasteiger partial charge in [-0.15, -0.1) is 11.3 Å². The van der Waals surface area contributed by atoms with Crippen LogP contribution < -0.4 is 11.1 Å². The molecular formula is C15H16F3N3OS. The van der Waals surface area contributed by atoms with E-state index in [0.717, 1.165) is 17.4 Å². The van der Waals surface area contributed by atoms with E-state index >= 15 is 0 Å². The molecule has 0 radical (unpaired) electrons. The zero-order valence-electron chi connectivity index (χ0n) is 12.5.